The lowest BCUT2D eigenvalue weighted by Crippen LogP contribution is -2.43. The minimum absolute atomic E-state index is 0.131. The van der Waals surface area contributed by atoms with Gasteiger partial charge in [-0.05, 0) is 19.8 Å². The predicted octanol–water partition coefficient (Wildman–Crippen LogP) is 3.00. The first-order valence-corrected chi connectivity index (χ1v) is 14.8. The molecule has 1 atom stereocenters. The maximum absolute atomic E-state index is 12.5. The van der Waals surface area contributed by atoms with E-state index in [1.165, 1.54) is 19.3 Å². The second-order valence-corrected chi connectivity index (χ2v) is 14.2. The second kappa shape index (κ2) is 14.0. The first-order chi connectivity index (χ1) is 12.2. The quantitative estimate of drug-likeness (QED) is 0.207. The van der Waals surface area contributed by atoms with Crippen molar-refractivity contribution in [2.24, 2.45) is 0 Å². The standard InChI is InChI=1S/C19H40N2O3Si2/c1-8-9-10-11-13-21(19(23)20(4)5)15-25-17(26(6)7)12-14-24-18(22)16(2)3/h17,26H,2,8-15,25H2,1,3-7H3. The van der Waals surface area contributed by atoms with Crippen LogP contribution in [0.3, 0.4) is 0 Å². The molecule has 152 valence electrons. The number of nitrogens with zero attached hydrogens (tertiary/aromatic N) is 2. The molecule has 0 aliphatic carbocycles. The van der Waals surface area contributed by atoms with Gasteiger partial charge in [0.2, 0.25) is 0 Å². The van der Waals surface area contributed by atoms with Crippen molar-refractivity contribution in [1.29, 1.82) is 0 Å². The number of esters is 1. The molecule has 1 unspecified atom stereocenters. The molecule has 0 aromatic carbocycles. The molecule has 0 bridgehead atoms. The number of hydrogen-bond donors (Lipinski definition) is 0. The molecule has 0 saturated carbocycles. The Morgan fingerprint density at radius 2 is 1.85 bits per heavy atom. The van der Waals surface area contributed by atoms with Gasteiger partial charge in [0.25, 0.3) is 0 Å². The van der Waals surface area contributed by atoms with Crippen LogP contribution in [0.1, 0.15) is 46.0 Å². The first-order valence-electron chi connectivity index (χ1n) is 9.99. The topological polar surface area (TPSA) is 49.9 Å². The molecule has 0 aliphatic rings. The Morgan fingerprint density at radius 1 is 1.19 bits per heavy atom. The lowest BCUT2D eigenvalue weighted by molar-refractivity contribution is -0.138. The lowest BCUT2D eigenvalue weighted by Gasteiger charge is -2.28. The molecule has 0 aromatic heterocycles. The Labute approximate surface area is 164 Å². The van der Waals surface area contributed by atoms with Gasteiger partial charge in [0.15, 0.2) is 0 Å². The summed E-state index contributed by atoms with van der Waals surface area (Å²) in [5, 5.41) is 0.695. The summed E-state index contributed by atoms with van der Waals surface area (Å²) in [5.41, 5.74) is 0.454. The van der Waals surface area contributed by atoms with Gasteiger partial charge in [-0.2, -0.15) is 0 Å². The number of carbonyl (C=O) groups is 2. The monoisotopic (exact) mass is 400 g/mol. The highest BCUT2D eigenvalue weighted by molar-refractivity contribution is 6.70. The Bertz CT molecular complexity index is 443. The Hall–Kier alpha value is -1.09. The minimum atomic E-state index is -0.830. The van der Waals surface area contributed by atoms with E-state index in [1.807, 2.05) is 19.0 Å². The zero-order chi connectivity index (χ0) is 20.1. The molecule has 0 aromatic rings. The van der Waals surface area contributed by atoms with Crippen LogP contribution in [0, 0.1) is 0 Å². The van der Waals surface area contributed by atoms with Gasteiger partial charge < -0.3 is 14.5 Å². The van der Waals surface area contributed by atoms with E-state index in [0.29, 0.717) is 17.3 Å². The van der Waals surface area contributed by atoms with Gasteiger partial charge in [0.1, 0.15) is 0 Å². The van der Waals surface area contributed by atoms with E-state index in [1.54, 1.807) is 11.8 Å². The number of unbranched alkanes of at least 4 members (excludes halogenated alkanes) is 3. The Kier molecular flexibility index (Phi) is 13.4. The summed E-state index contributed by atoms with van der Waals surface area (Å²) in [6.45, 7) is 13.6. The van der Waals surface area contributed by atoms with Gasteiger partial charge in [-0.25, -0.2) is 9.59 Å². The molecule has 5 nitrogen and oxygen atoms in total. The average Bonchev–Trinajstić information content (AvgIpc) is 2.57. The van der Waals surface area contributed by atoms with Crippen molar-refractivity contribution >= 4 is 30.3 Å². The average molecular weight is 401 g/mol. The summed E-state index contributed by atoms with van der Waals surface area (Å²) >= 11 is 0. The molecule has 0 aliphatic heterocycles. The van der Waals surface area contributed by atoms with Crippen molar-refractivity contribution in [3.05, 3.63) is 12.2 Å². The van der Waals surface area contributed by atoms with Crippen molar-refractivity contribution in [2.75, 3.05) is 33.4 Å². The van der Waals surface area contributed by atoms with Crippen LogP contribution in [0.5, 0.6) is 0 Å². The summed E-state index contributed by atoms with van der Waals surface area (Å²) in [5.74, 6) is -0.295. The summed E-state index contributed by atoms with van der Waals surface area (Å²) in [6.07, 6.45) is 6.58. The van der Waals surface area contributed by atoms with Gasteiger partial charge in [-0.3, -0.25) is 0 Å². The number of hydrogen-bond acceptors (Lipinski definition) is 3. The highest BCUT2D eigenvalue weighted by atomic mass is 28.3. The van der Waals surface area contributed by atoms with Gasteiger partial charge in [0.05, 0.1) is 6.61 Å². The third-order valence-electron chi connectivity index (χ3n) is 4.72. The van der Waals surface area contributed by atoms with Crippen LogP contribution in [0.25, 0.3) is 0 Å². The molecule has 26 heavy (non-hydrogen) atoms. The van der Waals surface area contributed by atoms with Crippen molar-refractivity contribution in [3.8, 4) is 0 Å². The van der Waals surface area contributed by atoms with E-state index in [0.717, 1.165) is 25.6 Å². The minimum Gasteiger partial charge on any atom is -0.462 e. The van der Waals surface area contributed by atoms with Crippen molar-refractivity contribution < 1.29 is 14.3 Å². The largest absolute Gasteiger partial charge is 0.462 e. The molecule has 2 amide bonds. The lowest BCUT2D eigenvalue weighted by atomic mass is 10.2. The number of urea groups is 1. The van der Waals surface area contributed by atoms with Crippen LogP contribution in [-0.2, 0) is 9.53 Å². The van der Waals surface area contributed by atoms with Crippen LogP contribution in [0.15, 0.2) is 12.2 Å². The fourth-order valence-corrected chi connectivity index (χ4v) is 8.30. The van der Waals surface area contributed by atoms with Gasteiger partial charge in [-0.15, -0.1) is 0 Å². The zero-order valence-electron chi connectivity index (χ0n) is 17.8. The van der Waals surface area contributed by atoms with Crippen LogP contribution in [0.4, 0.5) is 4.79 Å². The molecule has 0 N–H and O–H groups in total. The fraction of sp³-hybridized carbons (Fsp3) is 0.789. The highest BCUT2D eigenvalue weighted by Crippen LogP contribution is 2.16. The number of carbonyl (C=O) groups excluding carboxylic acids is 2. The molecular formula is C19H40N2O3Si2. The summed E-state index contributed by atoms with van der Waals surface area (Å²) < 4.78 is 5.29. The van der Waals surface area contributed by atoms with Crippen molar-refractivity contribution in [2.45, 2.75) is 64.2 Å². The van der Waals surface area contributed by atoms with Crippen LogP contribution < -0.4 is 0 Å². The summed E-state index contributed by atoms with van der Waals surface area (Å²) in [6, 6.07) is 0.131. The number of rotatable bonds is 13. The van der Waals surface area contributed by atoms with Gasteiger partial charge in [0, 0.05) is 50.7 Å². The first kappa shape index (κ1) is 24.9. The second-order valence-electron chi connectivity index (χ2n) is 7.72. The smallest absolute Gasteiger partial charge is 0.333 e. The predicted molar refractivity (Wildman–Crippen MR) is 116 cm³/mol. The SMILES string of the molecule is C=C(C)C(=O)OCCC([SiH2]CN(CCCCCC)C(=O)N(C)C)[SiH](C)C. The van der Waals surface area contributed by atoms with E-state index in [-0.39, 0.29) is 12.0 Å². The van der Waals surface area contributed by atoms with Gasteiger partial charge in [-0.1, -0.05) is 51.0 Å². The Balaban J connectivity index is 4.56. The molecule has 0 heterocycles. The fourth-order valence-electron chi connectivity index (χ4n) is 2.87. The van der Waals surface area contributed by atoms with E-state index < -0.39 is 18.3 Å². The zero-order valence-corrected chi connectivity index (χ0v) is 20.4. The molecular weight excluding hydrogens is 360 g/mol. The molecule has 7 heteroatoms. The number of ether oxygens (including phenoxy) is 1. The Morgan fingerprint density at radius 3 is 2.35 bits per heavy atom. The normalized spacial score (nSPS) is 12.4. The maximum Gasteiger partial charge on any atom is 0.333 e. The molecule has 0 saturated heterocycles. The summed E-state index contributed by atoms with van der Waals surface area (Å²) in [7, 11) is 2.40. The van der Waals surface area contributed by atoms with E-state index in [2.05, 4.69) is 26.6 Å². The highest BCUT2D eigenvalue weighted by Gasteiger charge is 2.21. The van der Waals surface area contributed by atoms with E-state index >= 15 is 0 Å². The molecule has 0 spiro atoms. The van der Waals surface area contributed by atoms with Gasteiger partial charge >= 0.3 is 12.0 Å². The van der Waals surface area contributed by atoms with Crippen LogP contribution in [0.2, 0.25) is 18.3 Å². The van der Waals surface area contributed by atoms with Crippen LogP contribution >= 0.6 is 0 Å². The van der Waals surface area contributed by atoms with E-state index in [9.17, 15) is 9.59 Å². The van der Waals surface area contributed by atoms with Crippen molar-refractivity contribution in [1.82, 2.24) is 9.80 Å². The third-order valence-corrected chi connectivity index (χ3v) is 12.7. The molecule has 0 fully saturated rings. The van der Waals surface area contributed by atoms with Crippen molar-refractivity contribution in [3.63, 3.8) is 0 Å². The van der Waals surface area contributed by atoms with E-state index in [4.69, 9.17) is 4.74 Å². The maximum atomic E-state index is 12.5. The third kappa shape index (κ3) is 10.8. The molecule has 0 radical (unpaired) electrons. The van der Waals surface area contributed by atoms with Crippen LogP contribution in [-0.4, -0.2) is 73.5 Å². The number of amides is 2. The summed E-state index contributed by atoms with van der Waals surface area (Å²) in [4.78, 5) is 27.7. The molecule has 0 rings (SSSR count).